The molecule has 2 aromatic heterocycles. The Hall–Kier alpha value is -4.73. The molecule has 0 amide bonds. The molecule has 10 heteroatoms. The lowest BCUT2D eigenvalue weighted by atomic mass is 10.0. The van der Waals surface area contributed by atoms with E-state index in [2.05, 4.69) is 4.98 Å². The highest BCUT2D eigenvalue weighted by molar-refractivity contribution is 5.94. The lowest BCUT2D eigenvalue weighted by molar-refractivity contribution is -0.138. The van der Waals surface area contributed by atoms with Crippen LogP contribution in [0, 0.1) is 11.6 Å². The summed E-state index contributed by atoms with van der Waals surface area (Å²) in [6.07, 6.45) is 9.36. The first-order valence-corrected chi connectivity index (χ1v) is 13.2. The Bertz CT molecular complexity index is 1530. The van der Waals surface area contributed by atoms with Gasteiger partial charge in [0.2, 0.25) is 5.82 Å². The third-order valence-corrected chi connectivity index (χ3v) is 6.33. The van der Waals surface area contributed by atoms with Gasteiger partial charge in [0, 0.05) is 18.0 Å². The first-order chi connectivity index (χ1) is 19.8. The van der Waals surface area contributed by atoms with Crippen LogP contribution in [0.2, 0.25) is 0 Å². The molecule has 0 aliphatic heterocycles. The van der Waals surface area contributed by atoms with E-state index in [1.165, 1.54) is 12.1 Å². The van der Waals surface area contributed by atoms with E-state index >= 15 is 0 Å². The summed E-state index contributed by atoms with van der Waals surface area (Å²) in [5, 5.41) is 19.3. The second-order valence-electron chi connectivity index (χ2n) is 9.37. The number of aryl methyl sites for hydroxylation is 1. The van der Waals surface area contributed by atoms with Crippen molar-refractivity contribution in [3.63, 3.8) is 0 Å². The van der Waals surface area contributed by atoms with Gasteiger partial charge in [-0.15, -0.1) is 0 Å². The van der Waals surface area contributed by atoms with Crippen molar-refractivity contribution in [1.29, 1.82) is 0 Å². The molecule has 2 N–H and O–H groups in total. The fourth-order valence-electron chi connectivity index (χ4n) is 4.42. The molecule has 214 valence electrons. The molecule has 2 aromatic carbocycles. The number of rotatable bonds is 15. The summed E-state index contributed by atoms with van der Waals surface area (Å²) in [7, 11) is 0. The largest absolute Gasteiger partial charge is 0.492 e. The number of ether oxygens (including phenoxy) is 2. The number of carboxylic acid groups (broad SMARTS) is 2. The summed E-state index contributed by atoms with van der Waals surface area (Å²) < 4.78 is 39.5. The first kappa shape index (κ1) is 29.3. The number of fused-ring (bicyclic) bond motifs is 1. The predicted molar refractivity (Wildman–Crippen MR) is 150 cm³/mol. The number of aliphatic carboxylic acids is 2. The van der Waals surface area contributed by atoms with E-state index in [-0.39, 0.29) is 25.3 Å². The summed E-state index contributed by atoms with van der Waals surface area (Å²) >= 11 is 0. The quantitative estimate of drug-likeness (QED) is 0.165. The van der Waals surface area contributed by atoms with Crippen molar-refractivity contribution in [2.24, 2.45) is 0 Å². The lowest BCUT2D eigenvalue weighted by Gasteiger charge is -2.08. The van der Waals surface area contributed by atoms with E-state index in [4.69, 9.17) is 14.6 Å². The van der Waals surface area contributed by atoms with E-state index in [0.717, 1.165) is 28.1 Å². The lowest BCUT2D eigenvalue weighted by Crippen LogP contribution is -2.07. The average Bonchev–Trinajstić information content (AvgIpc) is 3.29. The van der Waals surface area contributed by atoms with Crippen molar-refractivity contribution in [3.05, 3.63) is 89.4 Å². The maximum atomic E-state index is 13.6. The van der Waals surface area contributed by atoms with Crippen LogP contribution >= 0.6 is 0 Å². The molecule has 0 atom stereocenters. The van der Waals surface area contributed by atoms with Crippen LogP contribution in [0.5, 0.6) is 11.5 Å². The molecule has 8 nitrogen and oxygen atoms in total. The molecule has 0 radical (unpaired) electrons. The van der Waals surface area contributed by atoms with Gasteiger partial charge in [-0.25, -0.2) is 4.39 Å². The molecule has 41 heavy (non-hydrogen) atoms. The molecule has 0 saturated heterocycles. The van der Waals surface area contributed by atoms with E-state index in [0.29, 0.717) is 43.7 Å². The van der Waals surface area contributed by atoms with Gasteiger partial charge >= 0.3 is 11.9 Å². The Morgan fingerprint density at radius 3 is 2.41 bits per heavy atom. The van der Waals surface area contributed by atoms with Crippen LogP contribution in [-0.2, 0) is 22.6 Å². The van der Waals surface area contributed by atoms with Gasteiger partial charge < -0.3 is 24.3 Å². The number of unbranched alkanes of at least 4 members (excludes halogenated alkanes) is 1. The van der Waals surface area contributed by atoms with Gasteiger partial charge in [-0.05, 0) is 67.2 Å². The van der Waals surface area contributed by atoms with Crippen molar-refractivity contribution in [2.45, 2.75) is 38.6 Å². The number of carbonyl (C=O) groups is 2. The highest BCUT2D eigenvalue weighted by Crippen LogP contribution is 2.28. The van der Waals surface area contributed by atoms with Crippen LogP contribution in [-0.4, -0.2) is 44.9 Å². The summed E-state index contributed by atoms with van der Waals surface area (Å²) in [6.45, 7) is 0.430. The van der Waals surface area contributed by atoms with E-state index in [1.54, 1.807) is 29.1 Å². The van der Waals surface area contributed by atoms with Crippen molar-refractivity contribution < 1.29 is 38.1 Å². The number of carboxylic acids is 2. The zero-order valence-electron chi connectivity index (χ0n) is 22.3. The Labute approximate surface area is 235 Å². The minimum Gasteiger partial charge on any atom is -0.492 e. The van der Waals surface area contributed by atoms with Gasteiger partial charge in [-0.2, -0.15) is 4.39 Å². The monoisotopic (exact) mass is 564 g/mol. The molecule has 0 spiro atoms. The number of hydrogen-bond acceptors (Lipinski definition) is 5. The van der Waals surface area contributed by atoms with E-state index < -0.39 is 23.6 Å². The Kier molecular flexibility index (Phi) is 10.0. The number of aromatic nitrogens is 2. The van der Waals surface area contributed by atoms with Crippen LogP contribution in [0.25, 0.3) is 23.1 Å². The SMILES string of the molecule is O=C(O)CCCc1cn(CC(=O)O)c2c(C=Cc3ccc(OCCCCOc4cccc(F)c4F)cn3)cccc12. The number of benzene rings is 2. The van der Waals surface area contributed by atoms with Gasteiger partial charge in [0.05, 0.1) is 30.6 Å². The van der Waals surface area contributed by atoms with Gasteiger partial charge in [-0.3, -0.25) is 14.6 Å². The first-order valence-electron chi connectivity index (χ1n) is 13.2. The van der Waals surface area contributed by atoms with Crippen molar-refractivity contribution >= 4 is 35.0 Å². The normalized spacial score (nSPS) is 11.3. The predicted octanol–water partition coefficient (Wildman–Crippen LogP) is 6.21. The van der Waals surface area contributed by atoms with Crippen LogP contribution < -0.4 is 9.47 Å². The van der Waals surface area contributed by atoms with Crippen molar-refractivity contribution in [3.8, 4) is 11.5 Å². The molecule has 0 unspecified atom stereocenters. The Balaban J connectivity index is 1.34. The zero-order valence-corrected chi connectivity index (χ0v) is 22.3. The Morgan fingerprint density at radius 2 is 1.68 bits per heavy atom. The molecule has 2 heterocycles. The molecule has 0 bridgehead atoms. The summed E-state index contributed by atoms with van der Waals surface area (Å²) in [5.41, 5.74) is 3.17. The molecule has 0 aliphatic rings. The molecule has 0 fully saturated rings. The van der Waals surface area contributed by atoms with Crippen LogP contribution in [0.4, 0.5) is 8.78 Å². The number of nitrogens with zero attached hydrogens (tertiary/aromatic N) is 2. The van der Waals surface area contributed by atoms with Gasteiger partial charge in [0.1, 0.15) is 12.3 Å². The maximum absolute atomic E-state index is 13.6. The minimum atomic E-state index is -0.993. The molecular formula is C31H30F2N2O6. The minimum absolute atomic E-state index is 0.0444. The van der Waals surface area contributed by atoms with Gasteiger partial charge in [0.25, 0.3) is 0 Å². The highest BCUT2D eigenvalue weighted by Gasteiger charge is 2.14. The Morgan fingerprint density at radius 1 is 0.902 bits per heavy atom. The summed E-state index contributed by atoms with van der Waals surface area (Å²) in [5.74, 6) is -3.29. The van der Waals surface area contributed by atoms with Crippen molar-refractivity contribution in [2.75, 3.05) is 13.2 Å². The van der Waals surface area contributed by atoms with Gasteiger partial charge in [0.15, 0.2) is 11.6 Å². The molecule has 4 rings (SSSR count). The summed E-state index contributed by atoms with van der Waals surface area (Å²) in [4.78, 5) is 26.8. The van der Waals surface area contributed by atoms with Crippen molar-refractivity contribution in [1.82, 2.24) is 9.55 Å². The smallest absolute Gasteiger partial charge is 0.323 e. The topological polar surface area (TPSA) is 111 Å². The fourth-order valence-corrected chi connectivity index (χ4v) is 4.42. The molecule has 0 saturated carbocycles. The second-order valence-corrected chi connectivity index (χ2v) is 9.37. The standard InChI is InChI=1S/C31H30F2N2O6/c32-26-9-5-10-27(30(26)33)41-17-2-1-16-40-24-15-14-23(34-18-24)13-12-21-6-3-8-25-22(7-4-11-28(36)37)19-35(31(21)25)20-29(38)39/h3,5-6,8-10,12-15,18-19H,1-2,4,7,11,16-17,20H2,(H,36,37)(H,38,39). The number of hydrogen-bond donors (Lipinski definition) is 2. The average molecular weight is 565 g/mol. The number of para-hydroxylation sites is 1. The second kappa shape index (κ2) is 14.1. The summed E-state index contributed by atoms with van der Waals surface area (Å²) in [6, 6.07) is 13.1. The molecule has 4 aromatic rings. The molecular weight excluding hydrogens is 534 g/mol. The van der Waals surface area contributed by atoms with Crippen LogP contribution in [0.3, 0.4) is 0 Å². The van der Waals surface area contributed by atoms with Crippen LogP contribution in [0.15, 0.2) is 60.9 Å². The van der Waals surface area contributed by atoms with Crippen LogP contribution in [0.1, 0.15) is 42.5 Å². The molecule has 0 aliphatic carbocycles. The number of pyridine rings is 1. The van der Waals surface area contributed by atoms with E-state index in [9.17, 15) is 23.5 Å². The fraction of sp³-hybridized carbons (Fsp3) is 0.258. The van der Waals surface area contributed by atoms with Gasteiger partial charge in [-0.1, -0.05) is 30.3 Å². The zero-order chi connectivity index (χ0) is 29.2. The van der Waals surface area contributed by atoms with E-state index in [1.807, 2.05) is 30.4 Å². The third kappa shape index (κ3) is 8.14. The third-order valence-electron chi connectivity index (χ3n) is 6.33. The maximum Gasteiger partial charge on any atom is 0.323 e. The highest BCUT2D eigenvalue weighted by atomic mass is 19.2. The number of halogens is 2.